The number of hydrogen-bond acceptors (Lipinski definition) is 5. The quantitative estimate of drug-likeness (QED) is 0.865. The lowest BCUT2D eigenvalue weighted by Gasteiger charge is -2.15. The minimum Gasteiger partial charge on any atom is -0.382 e. The molecule has 1 aromatic heterocycles. The molecule has 7 heteroatoms. The van der Waals surface area contributed by atoms with Crippen LogP contribution in [0.1, 0.15) is 12.5 Å². The van der Waals surface area contributed by atoms with Crippen molar-refractivity contribution in [2.24, 2.45) is 0 Å². The first-order chi connectivity index (χ1) is 9.42. The zero-order chi connectivity index (χ0) is 14.6. The van der Waals surface area contributed by atoms with Gasteiger partial charge in [0.25, 0.3) is 0 Å². The molecule has 0 aliphatic rings. The van der Waals surface area contributed by atoms with Gasteiger partial charge >= 0.3 is 0 Å². The average Bonchev–Trinajstić information content (AvgIpc) is 2.79. The van der Waals surface area contributed by atoms with Gasteiger partial charge in [0, 0.05) is 18.0 Å². The summed E-state index contributed by atoms with van der Waals surface area (Å²) in [6, 6.07) is 7.70. The summed E-state index contributed by atoms with van der Waals surface area (Å²) in [7, 11) is -2.98. The van der Waals surface area contributed by atoms with Crippen LogP contribution in [0.3, 0.4) is 0 Å². The van der Waals surface area contributed by atoms with Crippen LogP contribution in [0.25, 0.3) is 0 Å². The maximum absolute atomic E-state index is 11.3. The molecule has 0 radical (unpaired) electrons. The van der Waals surface area contributed by atoms with Gasteiger partial charge in [-0.1, -0.05) is 12.1 Å². The number of benzene rings is 1. The Morgan fingerprint density at radius 2 is 2.20 bits per heavy atom. The van der Waals surface area contributed by atoms with Crippen molar-refractivity contribution in [3.63, 3.8) is 0 Å². The summed E-state index contributed by atoms with van der Waals surface area (Å²) in [6.07, 6.45) is 4.40. The second-order valence-electron chi connectivity index (χ2n) is 4.93. The van der Waals surface area contributed by atoms with E-state index >= 15 is 0 Å². The van der Waals surface area contributed by atoms with E-state index in [1.807, 2.05) is 31.2 Å². The van der Waals surface area contributed by atoms with Gasteiger partial charge < -0.3 is 5.32 Å². The van der Waals surface area contributed by atoms with Gasteiger partial charge in [-0.05, 0) is 24.6 Å². The van der Waals surface area contributed by atoms with Crippen LogP contribution < -0.4 is 5.32 Å². The first-order valence-corrected chi connectivity index (χ1v) is 8.34. The van der Waals surface area contributed by atoms with Crippen molar-refractivity contribution in [3.8, 4) is 0 Å². The summed E-state index contributed by atoms with van der Waals surface area (Å²) >= 11 is 0. The third-order valence-corrected chi connectivity index (χ3v) is 3.81. The van der Waals surface area contributed by atoms with Gasteiger partial charge in [-0.2, -0.15) is 5.10 Å². The molecule has 0 aliphatic heterocycles. The van der Waals surface area contributed by atoms with Crippen molar-refractivity contribution in [1.29, 1.82) is 0 Å². The van der Waals surface area contributed by atoms with Gasteiger partial charge in [0.15, 0.2) is 0 Å². The molecule has 1 unspecified atom stereocenters. The Labute approximate surface area is 118 Å². The van der Waals surface area contributed by atoms with E-state index in [-0.39, 0.29) is 11.8 Å². The number of aromatic nitrogens is 3. The first-order valence-electron chi connectivity index (χ1n) is 6.28. The second-order valence-corrected chi connectivity index (χ2v) is 7.12. The molecule has 0 saturated carbocycles. The summed E-state index contributed by atoms with van der Waals surface area (Å²) in [5.41, 5.74) is 1.98. The highest BCUT2D eigenvalue weighted by Crippen LogP contribution is 2.13. The fourth-order valence-electron chi connectivity index (χ4n) is 2.04. The number of nitrogens with one attached hydrogen (secondary N) is 1. The molecule has 0 saturated heterocycles. The van der Waals surface area contributed by atoms with Crippen LogP contribution in [0.2, 0.25) is 0 Å². The van der Waals surface area contributed by atoms with Crippen molar-refractivity contribution < 1.29 is 8.42 Å². The monoisotopic (exact) mass is 294 g/mol. The molecule has 0 amide bonds. The maximum Gasteiger partial charge on any atom is 0.149 e. The molecule has 20 heavy (non-hydrogen) atoms. The van der Waals surface area contributed by atoms with E-state index in [9.17, 15) is 8.42 Å². The van der Waals surface area contributed by atoms with E-state index in [1.165, 1.54) is 12.6 Å². The molecule has 1 N–H and O–H groups in total. The van der Waals surface area contributed by atoms with Crippen molar-refractivity contribution >= 4 is 15.5 Å². The lowest BCUT2D eigenvalue weighted by atomic mass is 10.2. The first kappa shape index (κ1) is 14.5. The second kappa shape index (κ2) is 6.04. The molecule has 108 valence electrons. The van der Waals surface area contributed by atoms with Crippen LogP contribution in [-0.2, 0) is 16.4 Å². The Morgan fingerprint density at radius 1 is 1.40 bits per heavy atom. The smallest absolute Gasteiger partial charge is 0.149 e. The Kier molecular flexibility index (Phi) is 4.39. The Morgan fingerprint density at radius 3 is 2.85 bits per heavy atom. The molecule has 1 atom stereocenters. The normalized spacial score (nSPS) is 13.1. The highest BCUT2D eigenvalue weighted by molar-refractivity contribution is 7.90. The van der Waals surface area contributed by atoms with Crippen LogP contribution >= 0.6 is 0 Å². The number of anilines is 1. The van der Waals surface area contributed by atoms with Crippen molar-refractivity contribution in [2.45, 2.75) is 19.5 Å². The van der Waals surface area contributed by atoms with Gasteiger partial charge in [0.05, 0.1) is 12.3 Å². The standard InChI is InChI=1S/C13H18N4O2S/c1-11(8-20(2,18)19)16-13-5-3-4-12(6-13)7-17-10-14-9-15-17/h3-6,9-11,16H,7-8H2,1-2H3. The third kappa shape index (κ3) is 4.65. The van der Waals surface area contributed by atoms with Gasteiger partial charge in [0.1, 0.15) is 22.5 Å². The lowest BCUT2D eigenvalue weighted by molar-refractivity contribution is 0.598. The van der Waals surface area contributed by atoms with Crippen LogP contribution in [0.4, 0.5) is 5.69 Å². The van der Waals surface area contributed by atoms with Crippen LogP contribution in [0.5, 0.6) is 0 Å². The molecule has 1 heterocycles. The average molecular weight is 294 g/mol. The molecular formula is C13H18N4O2S. The van der Waals surface area contributed by atoms with Gasteiger partial charge in [-0.3, -0.25) is 0 Å². The Hall–Kier alpha value is -1.89. The zero-order valence-corrected chi connectivity index (χ0v) is 12.3. The fraction of sp³-hybridized carbons (Fsp3) is 0.385. The van der Waals surface area contributed by atoms with Crippen molar-refractivity contribution in [3.05, 3.63) is 42.5 Å². The molecule has 6 nitrogen and oxygen atoms in total. The topological polar surface area (TPSA) is 76.9 Å². The van der Waals surface area contributed by atoms with Crippen LogP contribution in [0.15, 0.2) is 36.9 Å². The number of hydrogen-bond donors (Lipinski definition) is 1. The maximum atomic E-state index is 11.3. The molecule has 1 aromatic carbocycles. The van der Waals surface area contributed by atoms with E-state index in [4.69, 9.17) is 0 Å². The van der Waals surface area contributed by atoms with Crippen LogP contribution in [-0.4, -0.2) is 41.2 Å². The van der Waals surface area contributed by atoms with E-state index in [2.05, 4.69) is 15.4 Å². The largest absolute Gasteiger partial charge is 0.382 e. The molecule has 0 spiro atoms. The van der Waals surface area contributed by atoms with Crippen molar-refractivity contribution in [1.82, 2.24) is 14.8 Å². The van der Waals surface area contributed by atoms with Crippen LogP contribution in [0, 0.1) is 0 Å². The molecule has 0 aliphatic carbocycles. The minimum atomic E-state index is -2.98. The zero-order valence-electron chi connectivity index (χ0n) is 11.5. The highest BCUT2D eigenvalue weighted by Gasteiger charge is 2.10. The van der Waals surface area contributed by atoms with Gasteiger partial charge in [-0.25, -0.2) is 18.1 Å². The van der Waals surface area contributed by atoms with Gasteiger partial charge in [-0.15, -0.1) is 0 Å². The molecule has 0 bridgehead atoms. The lowest BCUT2D eigenvalue weighted by Crippen LogP contribution is -2.25. The summed E-state index contributed by atoms with van der Waals surface area (Å²) in [6.45, 7) is 2.49. The number of rotatable bonds is 6. The predicted molar refractivity (Wildman–Crippen MR) is 78.4 cm³/mol. The van der Waals surface area contributed by atoms with E-state index in [1.54, 1.807) is 11.0 Å². The van der Waals surface area contributed by atoms with Crippen molar-refractivity contribution in [2.75, 3.05) is 17.3 Å². The summed E-state index contributed by atoms with van der Waals surface area (Å²) in [5.74, 6) is 0.111. The van der Waals surface area contributed by atoms with E-state index in [0.29, 0.717) is 6.54 Å². The van der Waals surface area contributed by atoms with Gasteiger partial charge in [0.2, 0.25) is 0 Å². The molecule has 2 rings (SSSR count). The Balaban J connectivity index is 2.02. The highest BCUT2D eigenvalue weighted by atomic mass is 32.2. The predicted octanol–water partition coefficient (Wildman–Crippen LogP) is 1.17. The minimum absolute atomic E-state index is 0.111. The third-order valence-electron chi connectivity index (χ3n) is 2.70. The SMILES string of the molecule is CC(CS(C)(=O)=O)Nc1cccc(Cn2cncn2)c1. The van der Waals surface area contributed by atoms with E-state index < -0.39 is 9.84 Å². The molecule has 2 aromatic rings. The molecule has 0 fully saturated rings. The number of nitrogens with zero attached hydrogens (tertiary/aromatic N) is 3. The fourth-order valence-corrected chi connectivity index (χ4v) is 3.03. The summed E-state index contributed by atoms with van der Waals surface area (Å²) in [4.78, 5) is 3.90. The molecular weight excluding hydrogens is 276 g/mol. The summed E-state index contributed by atoms with van der Waals surface area (Å²) < 4.78 is 24.2. The van der Waals surface area contributed by atoms with E-state index in [0.717, 1.165) is 11.3 Å². The summed E-state index contributed by atoms with van der Waals surface area (Å²) in [5, 5.41) is 7.25. The number of sulfone groups is 1. The Bertz CT molecular complexity index is 653.